The van der Waals surface area contributed by atoms with E-state index < -0.39 is 0 Å². The Kier molecular flexibility index (Phi) is 5.58. The molecule has 4 fully saturated rings. The van der Waals surface area contributed by atoms with Crippen LogP contribution in [-0.4, -0.2) is 26.8 Å². The van der Waals surface area contributed by atoms with Gasteiger partial charge in [0.05, 0.1) is 16.8 Å². The topological polar surface area (TPSA) is 64.0 Å². The third-order valence-corrected chi connectivity index (χ3v) is 11.2. The second-order valence-electron chi connectivity index (χ2n) is 11.9. The van der Waals surface area contributed by atoms with E-state index in [0.29, 0.717) is 11.1 Å². The van der Waals surface area contributed by atoms with E-state index in [0.717, 1.165) is 72.2 Å². The molecular formula is C29H33N3O2S2. The standard InChI is InChI=1S/C29H33N3O2S2/c1-17-7-8-22-23(9-17)36-26-25(22)27(34)32(21-5-3-2-4-6-21)28(30-26)35-16-24(33)31-29-13-18-10-19(14-29)12-20(11-18)15-29/h2-6,17-20H,7-16H2,1H3,(H,31,33)/t17-,18?,19?,20?,29?/m1/s1. The van der Waals surface area contributed by atoms with Gasteiger partial charge in [0.15, 0.2) is 5.16 Å². The number of nitrogens with one attached hydrogen (secondary N) is 1. The Balaban J connectivity index is 1.20. The van der Waals surface area contributed by atoms with Crippen LogP contribution in [0.1, 0.15) is 62.3 Å². The van der Waals surface area contributed by atoms with Gasteiger partial charge in [-0.1, -0.05) is 36.9 Å². The van der Waals surface area contributed by atoms with Crippen molar-refractivity contribution >= 4 is 39.2 Å². The molecule has 1 atom stereocenters. The van der Waals surface area contributed by atoms with Crippen molar-refractivity contribution in [2.75, 3.05) is 5.75 Å². The monoisotopic (exact) mass is 519 g/mol. The number of rotatable bonds is 5. The Morgan fingerprint density at radius 3 is 2.53 bits per heavy atom. The van der Waals surface area contributed by atoms with Crippen LogP contribution in [-0.2, 0) is 17.6 Å². The number of aromatic nitrogens is 2. The number of para-hydroxylation sites is 1. The van der Waals surface area contributed by atoms with E-state index in [1.807, 2.05) is 30.3 Å². The number of hydrogen-bond acceptors (Lipinski definition) is 5. The summed E-state index contributed by atoms with van der Waals surface area (Å²) in [5.74, 6) is 3.39. The Bertz CT molecular complexity index is 1360. The molecule has 1 aromatic carbocycles. The van der Waals surface area contributed by atoms with Gasteiger partial charge in [-0.3, -0.25) is 14.2 Å². The first-order chi connectivity index (χ1) is 17.5. The van der Waals surface area contributed by atoms with Crippen molar-refractivity contribution in [3.63, 3.8) is 0 Å². The largest absolute Gasteiger partial charge is 0.350 e. The summed E-state index contributed by atoms with van der Waals surface area (Å²) < 4.78 is 1.73. The average molecular weight is 520 g/mol. The molecule has 4 saturated carbocycles. The zero-order chi connectivity index (χ0) is 24.4. The second kappa shape index (κ2) is 8.73. The highest BCUT2D eigenvalue weighted by Gasteiger charge is 2.51. The Labute approximate surface area is 220 Å². The van der Waals surface area contributed by atoms with Crippen molar-refractivity contribution in [3.05, 3.63) is 51.1 Å². The maximum absolute atomic E-state index is 13.9. The third-order valence-electron chi connectivity index (χ3n) is 9.09. The minimum Gasteiger partial charge on any atom is -0.350 e. The van der Waals surface area contributed by atoms with Crippen LogP contribution in [0.5, 0.6) is 0 Å². The highest BCUT2D eigenvalue weighted by atomic mass is 32.2. The van der Waals surface area contributed by atoms with Crippen LogP contribution in [0.25, 0.3) is 15.9 Å². The van der Waals surface area contributed by atoms with Crippen LogP contribution < -0.4 is 10.9 Å². The van der Waals surface area contributed by atoms with Crippen LogP contribution in [0, 0.1) is 23.7 Å². The Morgan fingerprint density at radius 2 is 1.83 bits per heavy atom. The molecule has 0 spiro atoms. The SMILES string of the molecule is C[C@@H]1CCc2c(sc3nc(SCC(=O)NC45CC6CC(CC(C6)C4)C5)n(-c4ccccc4)c(=O)c23)C1. The fraction of sp³-hybridized carbons (Fsp3) is 0.552. The highest BCUT2D eigenvalue weighted by Crippen LogP contribution is 2.55. The summed E-state index contributed by atoms with van der Waals surface area (Å²) in [5, 5.41) is 4.88. The quantitative estimate of drug-likeness (QED) is 0.344. The van der Waals surface area contributed by atoms with Crippen LogP contribution in [0.3, 0.4) is 0 Å². The van der Waals surface area contributed by atoms with E-state index >= 15 is 0 Å². The van der Waals surface area contributed by atoms with Crippen molar-refractivity contribution in [1.29, 1.82) is 0 Å². The summed E-state index contributed by atoms with van der Waals surface area (Å²) in [7, 11) is 0. The molecule has 0 radical (unpaired) electrons. The molecule has 1 N–H and O–H groups in total. The summed E-state index contributed by atoms with van der Waals surface area (Å²) in [6, 6.07) is 9.76. The lowest BCUT2D eigenvalue weighted by atomic mass is 9.53. The van der Waals surface area contributed by atoms with Crippen molar-refractivity contribution < 1.29 is 4.79 Å². The first-order valence-electron chi connectivity index (χ1n) is 13.5. The zero-order valence-electron chi connectivity index (χ0n) is 20.8. The predicted octanol–water partition coefficient (Wildman–Crippen LogP) is 5.75. The van der Waals surface area contributed by atoms with E-state index in [4.69, 9.17) is 4.98 Å². The van der Waals surface area contributed by atoms with Crippen molar-refractivity contribution in [1.82, 2.24) is 14.9 Å². The zero-order valence-corrected chi connectivity index (χ0v) is 22.4. The summed E-state index contributed by atoms with van der Waals surface area (Å²) in [4.78, 5) is 34.3. The fourth-order valence-corrected chi connectivity index (χ4v) is 10.2. The smallest absolute Gasteiger partial charge is 0.267 e. The molecule has 4 bridgehead atoms. The van der Waals surface area contributed by atoms with Gasteiger partial charge in [-0.05, 0) is 99.2 Å². The molecule has 0 saturated heterocycles. The lowest BCUT2D eigenvalue weighted by molar-refractivity contribution is -0.124. The van der Waals surface area contributed by atoms with Gasteiger partial charge in [0.25, 0.3) is 5.56 Å². The highest BCUT2D eigenvalue weighted by molar-refractivity contribution is 7.99. The van der Waals surface area contributed by atoms with E-state index in [-0.39, 0.29) is 22.8 Å². The molecule has 5 nitrogen and oxygen atoms in total. The molecule has 5 aliphatic rings. The molecule has 36 heavy (non-hydrogen) atoms. The molecule has 3 aromatic rings. The van der Waals surface area contributed by atoms with E-state index in [1.54, 1.807) is 15.9 Å². The molecule has 7 heteroatoms. The summed E-state index contributed by atoms with van der Waals surface area (Å²) >= 11 is 3.08. The maximum atomic E-state index is 13.9. The summed E-state index contributed by atoms with van der Waals surface area (Å²) in [6.45, 7) is 2.28. The number of nitrogens with zero attached hydrogens (tertiary/aromatic N) is 2. The first kappa shape index (κ1) is 23.0. The average Bonchev–Trinajstić information content (AvgIpc) is 3.19. The minimum atomic E-state index is 0.00208. The van der Waals surface area contributed by atoms with E-state index in [2.05, 4.69) is 12.2 Å². The van der Waals surface area contributed by atoms with E-state index in [9.17, 15) is 9.59 Å². The number of thioether (sulfide) groups is 1. The van der Waals surface area contributed by atoms with Gasteiger partial charge in [0.1, 0.15) is 4.83 Å². The lowest BCUT2D eigenvalue weighted by Crippen LogP contribution is -2.60. The number of fused-ring (bicyclic) bond motifs is 3. The fourth-order valence-electron chi connectivity index (χ4n) is 8.00. The Morgan fingerprint density at radius 1 is 1.14 bits per heavy atom. The number of aryl methyl sites for hydroxylation is 1. The molecule has 2 heterocycles. The molecule has 8 rings (SSSR count). The van der Waals surface area contributed by atoms with Crippen molar-refractivity contribution in [2.24, 2.45) is 23.7 Å². The Hall–Kier alpha value is -2.12. The predicted molar refractivity (Wildman–Crippen MR) is 146 cm³/mol. The third kappa shape index (κ3) is 3.94. The summed E-state index contributed by atoms with van der Waals surface area (Å²) in [5.41, 5.74) is 2.02. The maximum Gasteiger partial charge on any atom is 0.267 e. The van der Waals surface area contributed by atoms with Crippen LogP contribution >= 0.6 is 23.1 Å². The molecule has 2 aromatic heterocycles. The second-order valence-corrected chi connectivity index (χ2v) is 14.0. The molecule has 1 amide bonds. The van der Waals surface area contributed by atoms with E-state index in [1.165, 1.54) is 41.5 Å². The molecule has 0 unspecified atom stereocenters. The normalized spacial score (nSPS) is 30.5. The minimum absolute atomic E-state index is 0.00208. The number of benzene rings is 1. The van der Waals surface area contributed by atoms with Crippen molar-refractivity contribution in [3.8, 4) is 5.69 Å². The number of hydrogen-bond donors (Lipinski definition) is 1. The van der Waals surface area contributed by atoms with Gasteiger partial charge in [-0.15, -0.1) is 11.3 Å². The number of thiophene rings is 1. The van der Waals surface area contributed by atoms with Gasteiger partial charge in [0, 0.05) is 10.4 Å². The van der Waals surface area contributed by atoms with Crippen LogP contribution in [0.4, 0.5) is 0 Å². The van der Waals surface area contributed by atoms with Crippen LogP contribution in [0.2, 0.25) is 0 Å². The van der Waals surface area contributed by atoms with Gasteiger partial charge in [0.2, 0.25) is 5.91 Å². The van der Waals surface area contributed by atoms with Gasteiger partial charge >= 0.3 is 0 Å². The number of carbonyl (C=O) groups excluding carboxylic acids is 1. The molecule has 188 valence electrons. The van der Waals surface area contributed by atoms with Gasteiger partial charge < -0.3 is 5.32 Å². The van der Waals surface area contributed by atoms with Gasteiger partial charge in [-0.2, -0.15) is 0 Å². The lowest BCUT2D eigenvalue weighted by Gasteiger charge is -2.56. The molecule has 5 aliphatic carbocycles. The first-order valence-corrected chi connectivity index (χ1v) is 15.3. The number of amides is 1. The number of carbonyl (C=O) groups is 1. The van der Waals surface area contributed by atoms with Crippen molar-refractivity contribution in [2.45, 2.75) is 75.4 Å². The van der Waals surface area contributed by atoms with Crippen LogP contribution in [0.15, 0.2) is 40.3 Å². The molecular weight excluding hydrogens is 486 g/mol. The molecule has 0 aliphatic heterocycles. The van der Waals surface area contributed by atoms with Gasteiger partial charge in [-0.25, -0.2) is 4.98 Å². The summed E-state index contributed by atoms with van der Waals surface area (Å²) in [6.07, 6.45) is 10.6.